The van der Waals surface area contributed by atoms with Crippen molar-refractivity contribution in [1.82, 2.24) is 24.3 Å². The number of nitrogen functional groups attached to an aromatic ring is 1. The molecule has 0 aliphatic rings. The fourth-order valence-electron chi connectivity index (χ4n) is 1.98. The molecule has 96 valence electrons. The molecule has 3 heterocycles. The zero-order chi connectivity index (χ0) is 13.2. The van der Waals surface area contributed by atoms with Crippen LogP contribution in [0.3, 0.4) is 0 Å². The van der Waals surface area contributed by atoms with E-state index in [0.29, 0.717) is 5.82 Å². The van der Waals surface area contributed by atoms with Gasteiger partial charge in [-0.25, -0.2) is 9.97 Å². The third-order valence-corrected chi connectivity index (χ3v) is 2.97. The smallest absolute Gasteiger partial charge is 0.132 e. The number of hydrogen-bond acceptors (Lipinski definition) is 4. The summed E-state index contributed by atoms with van der Waals surface area (Å²) in [5.74, 6) is 0.493. The number of nitrogens with two attached hydrogens (primary N) is 1. The molecule has 0 aliphatic heterocycles. The predicted octanol–water partition coefficient (Wildman–Crippen LogP) is 1.73. The Balaban J connectivity index is 2.10. The maximum atomic E-state index is 5.92. The zero-order valence-corrected chi connectivity index (χ0v) is 10.6. The van der Waals surface area contributed by atoms with Crippen LogP contribution >= 0.6 is 0 Å². The van der Waals surface area contributed by atoms with Gasteiger partial charge in [0.15, 0.2) is 0 Å². The molecule has 3 aromatic heterocycles. The number of rotatable bonds is 3. The Labute approximate surface area is 110 Å². The summed E-state index contributed by atoms with van der Waals surface area (Å²) in [6, 6.07) is 3.79. The van der Waals surface area contributed by atoms with Crippen LogP contribution < -0.4 is 5.73 Å². The van der Waals surface area contributed by atoms with Crippen molar-refractivity contribution in [3.8, 4) is 16.9 Å². The van der Waals surface area contributed by atoms with E-state index >= 15 is 0 Å². The normalized spacial score (nSPS) is 10.8. The molecule has 0 radical (unpaired) electrons. The zero-order valence-electron chi connectivity index (χ0n) is 10.6. The summed E-state index contributed by atoms with van der Waals surface area (Å²) in [5.41, 5.74) is 8.64. The third kappa shape index (κ3) is 1.97. The van der Waals surface area contributed by atoms with Crippen LogP contribution in [-0.4, -0.2) is 24.3 Å². The van der Waals surface area contributed by atoms with E-state index in [-0.39, 0.29) is 0 Å². The van der Waals surface area contributed by atoms with Crippen LogP contribution in [0.2, 0.25) is 0 Å². The van der Waals surface area contributed by atoms with Crippen LogP contribution in [0.5, 0.6) is 0 Å². The van der Waals surface area contributed by atoms with Crippen LogP contribution in [0.4, 0.5) is 5.82 Å². The molecule has 0 amide bonds. The van der Waals surface area contributed by atoms with E-state index in [0.717, 1.165) is 23.5 Å². The number of pyridine rings is 1. The van der Waals surface area contributed by atoms with E-state index < -0.39 is 0 Å². The van der Waals surface area contributed by atoms with Gasteiger partial charge >= 0.3 is 0 Å². The van der Waals surface area contributed by atoms with Crippen molar-refractivity contribution in [1.29, 1.82) is 0 Å². The molecule has 0 aliphatic carbocycles. The molecule has 3 aromatic rings. The van der Waals surface area contributed by atoms with Crippen LogP contribution in [0.15, 0.2) is 43.2 Å². The lowest BCUT2D eigenvalue weighted by molar-refractivity contribution is 0.659. The van der Waals surface area contributed by atoms with Crippen LogP contribution in [-0.2, 0) is 6.54 Å². The molecule has 19 heavy (non-hydrogen) atoms. The van der Waals surface area contributed by atoms with E-state index in [1.54, 1.807) is 24.9 Å². The van der Waals surface area contributed by atoms with E-state index in [9.17, 15) is 0 Å². The second kappa shape index (κ2) is 4.56. The number of nitrogens with zero attached hydrogens (tertiary/aromatic N) is 5. The largest absolute Gasteiger partial charge is 0.383 e. The summed E-state index contributed by atoms with van der Waals surface area (Å²) in [5, 5.41) is 4.27. The molecular formula is C13H14N6. The number of imidazole rings is 1. The van der Waals surface area contributed by atoms with Crippen molar-refractivity contribution in [2.45, 2.75) is 13.5 Å². The van der Waals surface area contributed by atoms with Crippen LogP contribution in [0.1, 0.15) is 6.92 Å². The fraction of sp³-hybridized carbons (Fsp3) is 0.154. The average Bonchev–Trinajstić information content (AvgIpc) is 3.07. The van der Waals surface area contributed by atoms with Gasteiger partial charge in [0, 0.05) is 24.5 Å². The molecule has 6 nitrogen and oxygen atoms in total. The maximum Gasteiger partial charge on any atom is 0.132 e. The Hall–Kier alpha value is -2.63. The molecule has 0 spiro atoms. The molecule has 0 bridgehead atoms. The Morgan fingerprint density at radius 2 is 2.21 bits per heavy atom. The van der Waals surface area contributed by atoms with Gasteiger partial charge in [-0.05, 0) is 19.1 Å². The highest BCUT2D eigenvalue weighted by molar-refractivity contribution is 5.71. The molecule has 2 N–H and O–H groups in total. The first-order valence-corrected chi connectivity index (χ1v) is 6.05. The van der Waals surface area contributed by atoms with Crippen LogP contribution in [0.25, 0.3) is 16.9 Å². The summed E-state index contributed by atoms with van der Waals surface area (Å²) in [6.07, 6.45) is 8.98. The van der Waals surface area contributed by atoms with Gasteiger partial charge in [-0.2, -0.15) is 5.10 Å². The summed E-state index contributed by atoms with van der Waals surface area (Å²) >= 11 is 0. The van der Waals surface area contributed by atoms with Crippen molar-refractivity contribution in [3.05, 3.63) is 43.2 Å². The average molecular weight is 254 g/mol. The minimum Gasteiger partial charge on any atom is -0.383 e. The summed E-state index contributed by atoms with van der Waals surface area (Å²) in [7, 11) is 0. The van der Waals surface area contributed by atoms with Crippen molar-refractivity contribution >= 4 is 5.82 Å². The Morgan fingerprint density at radius 3 is 2.95 bits per heavy atom. The van der Waals surface area contributed by atoms with Gasteiger partial charge in [0.1, 0.15) is 5.82 Å². The highest BCUT2D eigenvalue weighted by Gasteiger charge is 2.11. The monoisotopic (exact) mass is 254 g/mol. The highest BCUT2D eigenvalue weighted by Crippen LogP contribution is 2.25. The van der Waals surface area contributed by atoms with E-state index in [4.69, 9.17) is 5.73 Å². The molecule has 0 aromatic carbocycles. The number of anilines is 1. The second-order valence-corrected chi connectivity index (χ2v) is 4.14. The molecular weight excluding hydrogens is 240 g/mol. The van der Waals surface area contributed by atoms with Crippen molar-refractivity contribution in [2.24, 2.45) is 0 Å². The lowest BCUT2D eigenvalue weighted by atomic mass is 10.2. The van der Waals surface area contributed by atoms with Crippen molar-refractivity contribution < 1.29 is 0 Å². The van der Waals surface area contributed by atoms with Gasteiger partial charge in [-0.1, -0.05) is 0 Å². The SMILES string of the molecule is CCn1cc(-n2cncc2-c2cccnc2N)cn1. The first kappa shape index (κ1) is 11.5. The van der Waals surface area contributed by atoms with Gasteiger partial charge in [-0.15, -0.1) is 0 Å². The van der Waals surface area contributed by atoms with E-state index in [1.807, 2.05) is 34.5 Å². The Morgan fingerprint density at radius 1 is 1.32 bits per heavy atom. The molecule has 3 rings (SSSR count). The minimum atomic E-state index is 0.493. The van der Waals surface area contributed by atoms with Crippen LogP contribution in [0, 0.1) is 0 Å². The number of aromatic nitrogens is 5. The molecule has 0 saturated heterocycles. The topological polar surface area (TPSA) is 74.5 Å². The predicted molar refractivity (Wildman–Crippen MR) is 72.7 cm³/mol. The van der Waals surface area contributed by atoms with Crippen molar-refractivity contribution in [3.63, 3.8) is 0 Å². The van der Waals surface area contributed by atoms with Gasteiger partial charge in [0.05, 0.1) is 30.1 Å². The summed E-state index contributed by atoms with van der Waals surface area (Å²) < 4.78 is 3.82. The van der Waals surface area contributed by atoms with Gasteiger partial charge in [0.2, 0.25) is 0 Å². The number of aryl methyl sites for hydroxylation is 1. The summed E-state index contributed by atoms with van der Waals surface area (Å²) in [4.78, 5) is 8.30. The van der Waals surface area contributed by atoms with E-state index in [1.165, 1.54) is 0 Å². The Kier molecular flexibility index (Phi) is 2.75. The first-order valence-electron chi connectivity index (χ1n) is 6.05. The van der Waals surface area contributed by atoms with Gasteiger partial charge in [0.25, 0.3) is 0 Å². The lowest BCUT2D eigenvalue weighted by Crippen LogP contribution is -1.98. The number of hydrogen-bond donors (Lipinski definition) is 1. The first-order chi connectivity index (χ1) is 9.29. The van der Waals surface area contributed by atoms with Crippen molar-refractivity contribution in [2.75, 3.05) is 5.73 Å². The third-order valence-electron chi connectivity index (χ3n) is 2.97. The molecule has 0 saturated carbocycles. The van der Waals surface area contributed by atoms with E-state index in [2.05, 4.69) is 15.1 Å². The Bertz CT molecular complexity index is 696. The molecule has 6 heteroatoms. The quantitative estimate of drug-likeness (QED) is 0.772. The fourth-order valence-corrected chi connectivity index (χ4v) is 1.98. The molecule has 0 fully saturated rings. The van der Waals surface area contributed by atoms with Gasteiger partial charge < -0.3 is 5.73 Å². The van der Waals surface area contributed by atoms with Gasteiger partial charge in [-0.3, -0.25) is 9.25 Å². The second-order valence-electron chi connectivity index (χ2n) is 4.14. The molecule has 0 unspecified atom stereocenters. The summed E-state index contributed by atoms with van der Waals surface area (Å²) in [6.45, 7) is 2.88. The maximum absolute atomic E-state index is 5.92. The highest BCUT2D eigenvalue weighted by atomic mass is 15.3. The molecule has 0 atom stereocenters. The standard InChI is InChI=1S/C13H14N6/c1-2-18-8-10(6-17-18)19-9-15-7-12(19)11-4-3-5-16-13(11)14/h3-9H,2H2,1H3,(H2,14,16). The lowest BCUT2D eigenvalue weighted by Gasteiger charge is -2.07. The minimum absolute atomic E-state index is 0.493.